The van der Waals surface area contributed by atoms with Crippen LogP contribution < -0.4 is 5.73 Å². The predicted molar refractivity (Wildman–Crippen MR) is 51.9 cm³/mol. The highest BCUT2D eigenvalue weighted by molar-refractivity contribution is 4.94. The van der Waals surface area contributed by atoms with E-state index in [4.69, 9.17) is 10.5 Å². The fourth-order valence-corrected chi connectivity index (χ4v) is 1.62. The molecule has 1 unspecified atom stereocenters. The summed E-state index contributed by atoms with van der Waals surface area (Å²) in [5.41, 5.74) is 6.46. The number of hydrogen-bond acceptors (Lipinski definition) is 4. The molecule has 1 saturated heterocycles. The monoisotopic (exact) mass is 196 g/mol. The van der Waals surface area contributed by atoms with Gasteiger partial charge in [0.2, 0.25) is 0 Å². The number of aryl methyl sites for hydroxylation is 1. The molecular weight excluding hydrogens is 180 g/mol. The topological polar surface area (TPSA) is 66.0 Å². The van der Waals surface area contributed by atoms with Crippen LogP contribution >= 0.6 is 0 Å². The van der Waals surface area contributed by atoms with Crippen LogP contribution in [0.2, 0.25) is 0 Å². The Morgan fingerprint density at radius 3 is 3.29 bits per heavy atom. The van der Waals surface area contributed by atoms with Crippen molar-refractivity contribution in [2.45, 2.75) is 25.3 Å². The van der Waals surface area contributed by atoms with Crippen molar-refractivity contribution in [2.75, 3.05) is 19.8 Å². The van der Waals surface area contributed by atoms with Crippen LogP contribution in [0.25, 0.3) is 0 Å². The Labute approximate surface area is 83.2 Å². The van der Waals surface area contributed by atoms with Crippen LogP contribution in [-0.4, -0.2) is 34.8 Å². The maximum atomic E-state index is 5.43. The lowest BCUT2D eigenvalue weighted by Crippen LogP contribution is -2.09. The molecule has 0 bridgehead atoms. The first-order chi connectivity index (χ1) is 6.90. The summed E-state index contributed by atoms with van der Waals surface area (Å²) in [6.45, 7) is 2.31. The number of ether oxygens (including phenoxy) is 1. The second-order valence-electron chi connectivity index (χ2n) is 3.60. The number of nitrogens with zero attached hydrogens (tertiary/aromatic N) is 3. The summed E-state index contributed by atoms with van der Waals surface area (Å²) >= 11 is 0. The number of aromatic nitrogens is 3. The van der Waals surface area contributed by atoms with Crippen molar-refractivity contribution in [3.05, 3.63) is 11.9 Å². The van der Waals surface area contributed by atoms with E-state index >= 15 is 0 Å². The first-order valence-corrected chi connectivity index (χ1v) is 5.08. The lowest BCUT2D eigenvalue weighted by Gasteiger charge is -2.04. The van der Waals surface area contributed by atoms with Gasteiger partial charge in [-0.1, -0.05) is 5.21 Å². The molecule has 78 valence electrons. The molecule has 1 aliphatic heterocycles. The number of hydrogen-bond donors (Lipinski definition) is 1. The van der Waals surface area contributed by atoms with Crippen LogP contribution in [0.15, 0.2) is 6.20 Å². The summed E-state index contributed by atoms with van der Waals surface area (Å²) < 4.78 is 7.21. The second kappa shape index (κ2) is 4.52. The highest BCUT2D eigenvalue weighted by Gasteiger charge is 2.18. The van der Waals surface area contributed by atoms with Crippen molar-refractivity contribution in [1.29, 1.82) is 0 Å². The zero-order chi connectivity index (χ0) is 9.80. The first kappa shape index (κ1) is 9.61. The van der Waals surface area contributed by atoms with Gasteiger partial charge in [0.05, 0.1) is 18.3 Å². The second-order valence-corrected chi connectivity index (χ2v) is 3.60. The molecular formula is C9H16N4O. The van der Waals surface area contributed by atoms with E-state index < -0.39 is 0 Å². The minimum absolute atomic E-state index is 0.383. The van der Waals surface area contributed by atoms with Gasteiger partial charge in [0.15, 0.2) is 0 Å². The lowest BCUT2D eigenvalue weighted by molar-refractivity contribution is 0.184. The molecule has 14 heavy (non-hydrogen) atoms. The van der Waals surface area contributed by atoms with Gasteiger partial charge in [-0.3, -0.25) is 0 Å². The van der Waals surface area contributed by atoms with E-state index in [1.165, 1.54) is 0 Å². The predicted octanol–water partition coefficient (Wildman–Crippen LogP) is 0.131. The molecule has 5 heteroatoms. The molecule has 0 spiro atoms. The van der Waals surface area contributed by atoms with Crippen molar-refractivity contribution in [3.8, 4) is 0 Å². The summed E-state index contributed by atoms with van der Waals surface area (Å²) in [4.78, 5) is 0. The minimum atomic E-state index is 0.383. The van der Waals surface area contributed by atoms with Crippen molar-refractivity contribution in [2.24, 2.45) is 5.73 Å². The molecule has 2 rings (SSSR count). The molecule has 5 nitrogen and oxygen atoms in total. The van der Waals surface area contributed by atoms with E-state index in [1.807, 2.05) is 10.9 Å². The first-order valence-electron chi connectivity index (χ1n) is 5.08. The highest BCUT2D eigenvalue weighted by atomic mass is 16.5. The summed E-state index contributed by atoms with van der Waals surface area (Å²) in [7, 11) is 0. The molecule has 1 aromatic heterocycles. The van der Waals surface area contributed by atoms with Gasteiger partial charge in [-0.2, -0.15) is 0 Å². The molecule has 0 radical (unpaired) electrons. The Morgan fingerprint density at radius 1 is 1.64 bits per heavy atom. The molecule has 1 atom stereocenters. The Morgan fingerprint density at radius 2 is 2.57 bits per heavy atom. The smallest absolute Gasteiger partial charge is 0.0827 e. The SMILES string of the molecule is NCCCc1cn(C2CCOC2)nn1. The normalized spacial score (nSPS) is 21.6. The van der Waals surface area contributed by atoms with E-state index in [2.05, 4.69) is 10.3 Å². The highest BCUT2D eigenvalue weighted by Crippen LogP contribution is 2.17. The average molecular weight is 196 g/mol. The van der Waals surface area contributed by atoms with Gasteiger partial charge in [-0.05, 0) is 25.8 Å². The van der Waals surface area contributed by atoms with Crippen LogP contribution in [0.1, 0.15) is 24.6 Å². The van der Waals surface area contributed by atoms with Crippen molar-refractivity contribution >= 4 is 0 Å². The largest absolute Gasteiger partial charge is 0.379 e. The fourth-order valence-electron chi connectivity index (χ4n) is 1.62. The molecule has 1 aromatic rings. The van der Waals surface area contributed by atoms with Gasteiger partial charge in [0.1, 0.15) is 0 Å². The molecule has 2 N–H and O–H groups in total. The fraction of sp³-hybridized carbons (Fsp3) is 0.778. The van der Waals surface area contributed by atoms with Gasteiger partial charge < -0.3 is 10.5 Å². The van der Waals surface area contributed by atoms with E-state index in [0.29, 0.717) is 12.6 Å². The molecule has 0 aromatic carbocycles. The minimum Gasteiger partial charge on any atom is -0.379 e. The number of rotatable bonds is 4. The van der Waals surface area contributed by atoms with Crippen molar-refractivity contribution in [3.63, 3.8) is 0 Å². The third-order valence-electron chi connectivity index (χ3n) is 2.47. The quantitative estimate of drug-likeness (QED) is 0.743. The van der Waals surface area contributed by atoms with Crippen LogP contribution in [0, 0.1) is 0 Å². The van der Waals surface area contributed by atoms with E-state index in [1.54, 1.807) is 0 Å². The molecule has 0 saturated carbocycles. The van der Waals surface area contributed by atoms with Crippen LogP contribution in [-0.2, 0) is 11.2 Å². The maximum absolute atomic E-state index is 5.43. The Hall–Kier alpha value is -0.940. The van der Waals surface area contributed by atoms with Gasteiger partial charge in [-0.25, -0.2) is 4.68 Å². The Balaban J connectivity index is 1.94. The van der Waals surface area contributed by atoms with E-state index in [9.17, 15) is 0 Å². The number of nitrogens with two attached hydrogens (primary N) is 1. The third-order valence-corrected chi connectivity index (χ3v) is 2.47. The van der Waals surface area contributed by atoms with Crippen LogP contribution in [0.5, 0.6) is 0 Å². The molecule has 0 amide bonds. The van der Waals surface area contributed by atoms with Gasteiger partial charge in [-0.15, -0.1) is 5.10 Å². The van der Waals surface area contributed by atoms with Crippen LogP contribution in [0.4, 0.5) is 0 Å². The molecule has 0 aliphatic carbocycles. The van der Waals surface area contributed by atoms with E-state index in [0.717, 1.165) is 38.2 Å². The molecule has 1 fully saturated rings. The summed E-state index contributed by atoms with van der Waals surface area (Å²) in [6.07, 6.45) is 4.94. The average Bonchev–Trinajstić information content (AvgIpc) is 2.85. The van der Waals surface area contributed by atoms with E-state index in [-0.39, 0.29) is 0 Å². The van der Waals surface area contributed by atoms with Crippen molar-refractivity contribution in [1.82, 2.24) is 15.0 Å². The Bertz CT molecular complexity index is 280. The summed E-state index contributed by atoms with van der Waals surface area (Å²) in [6, 6.07) is 0.383. The van der Waals surface area contributed by atoms with Crippen molar-refractivity contribution < 1.29 is 4.74 Å². The lowest BCUT2D eigenvalue weighted by atomic mass is 10.2. The standard InChI is InChI=1S/C9H16N4O/c10-4-1-2-8-6-13(12-11-8)9-3-5-14-7-9/h6,9H,1-5,7,10H2. The third kappa shape index (κ3) is 2.10. The van der Waals surface area contributed by atoms with Gasteiger partial charge in [0, 0.05) is 12.8 Å². The molecule has 2 heterocycles. The van der Waals surface area contributed by atoms with Gasteiger partial charge in [0.25, 0.3) is 0 Å². The maximum Gasteiger partial charge on any atom is 0.0827 e. The summed E-state index contributed by atoms with van der Waals surface area (Å²) in [5.74, 6) is 0. The molecule has 1 aliphatic rings. The Kier molecular flexibility index (Phi) is 3.10. The zero-order valence-electron chi connectivity index (χ0n) is 8.22. The summed E-state index contributed by atoms with van der Waals surface area (Å²) in [5, 5.41) is 8.20. The zero-order valence-corrected chi connectivity index (χ0v) is 8.22. The van der Waals surface area contributed by atoms with Crippen LogP contribution in [0.3, 0.4) is 0 Å². The van der Waals surface area contributed by atoms with Gasteiger partial charge >= 0.3 is 0 Å².